The van der Waals surface area contributed by atoms with Crippen molar-refractivity contribution in [2.75, 3.05) is 6.61 Å². The lowest BCUT2D eigenvalue weighted by molar-refractivity contribution is 0.0490. The lowest BCUT2D eigenvalue weighted by Crippen LogP contribution is -2.04. The van der Waals surface area contributed by atoms with Crippen LogP contribution in [0.4, 0.5) is 0 Å². The van der Waals surface area contributed by atoms with Gasteiger partial charge in [0.1, 0.15) is 0 Å². The molecular weight excluding hydrogens is 222 g/mol. The Morgan fingerprint density at radius 1 is 1.59 bits per heavy atom. The van der Waals surface area contributed by atoms with Gasteiger partial charge in [-0.3, -0.25) is 4.68 Å². The second-order valence-electron chi connectivity index (χ2n) is 3.56. The fourth-order valence-corrected chi connectivity index (χ4v) is 1.44. The van der Waals surface area contributed by atoms with Gasteiger partial charge < -0.3 is 9.15 Å². The van der Waals surface area contributed by atoms with E-state index in [0.717, 1.165) is 5.56 Å². The molecule has 0 unspecified atom stereocenters. The molecule has 2 aromatic rings. The average Bonchev–Trinajstić information content (AvgIpc) is 2.85. The molecule has 0 N–H and O–H groups in total. The smallest absolute Gasteiger partial charge is 0.376 e. The van der Waals surface area contributed by atoms with Crippen molar-refractivity contribution in [3.63, 3.8) is 0 Å². The monoisotopic (exact) mass is 235 g/mol. The van der Waals surface area contributed by atoms with Gasteiger partial charge in [-0.05, 0) is 13.8 Å². The van der Waals surface area contributed by atoms with E-state index in [1.54, 1.807) is 38.0 Å². The van der Waals surface area contributed by atoms with Crippen molar-refractivity contribution >= 4 is 5.97 Å². The number of ether oxygens (including phenoxy) is 1. The van der Waals surface area contributed by atoms with Gasteiger partial charge in [-0.15, -0.1) is 0 Å². The number of carbonyl (C=O) groups excluding carboxylic acids is 1. The molecule has 0 spiro atoms. The van der Waals surface area contributed by atoms with Crippen molar-refractivity contribution in [3.8, 4) is 11.5 Å². The van der Waals surface area contributed by atoms with Gasteiger partial charge in [0, 0.05) is 13.2 Å². The number of esters is 1. The number of carbonyl (C=O) groups is 1. The van der Waals surface area contributed by atoms with E-state index >= 15 is 0 Å². The van der Waals surface area contributed by atoms with E-state index in [0.29, 0.717) is 18.2 Å². The standard InChI is InChI=1S/C11H13N3O3/c1-4-16-11(15)9-7(2)13-10(17-9)8-5-12-14(3)6-8/h5-6H,4H2,1-3H3. The molecule has 90 valence electrons. The quantitative estimate of drug-likeness (QED) is 0.755. The highest BCUT2D eigenvalue weighted by Crippen LogP contribution is 2.21. The summed E-state index contributed by atoms with van der Waals surface area (Å²) >= 11 is 0. The van der Waals surface area contributed by atoms with Crippen molar-refractivity contribution in [2.45, 2.75) is 13.8 Å². The molecule has 0 aliphatic heterocycles. The first-order valence-corrected chi connectivity index (χ1v) is 5.25. The Morgan fingerprint density at radius 2 is 2.35 bits per heavy atom. The minimum atomic E-state index is -0.493. The molecule has 2 rings (SSSR count). The Hall–Kier alpha value is -2.11. The third kappa shape index (κ3) is 2.20. The van der Waals surface area contributed by atoms with Crippen molar-refractivity contribution in [2.24, 2.45) is 7.05 Å². The number of hydrogen-bond acceptors (Lipinski definition) is 5. The number of oxazole rings is 1. The lowest BCUT2D eigenvalue weighted by Gasteiger charge is -1.96. The van der Waals surface area contributed by atoms with Crippen LogP contribution in [0.25, 0.3) is 11.5 Å². The summed E-state index contributed by atoms with van der Waals surface area (Å²) in [6, 6.07) is 0. The van der Waals surface area contributed by atoms with Crippen LogP contribution in [0.3, 0.4) is 0 Å². The molecule has 0 saturated carbocycles. The molecule has 6 heteroatoms. The van der Waals surface area contributed by atoms with E-state index < -0.39 is 5.97 Å². The summed E-state index contributed by atoms with van der Waals surface area (Å²) in [6.45, 7) is 3.75. The van der Waals surface area contributed by atoms with Gasteiger partial charge in [0.15, 0.2) is 0 Å². The van der Waals surface area contributed by atoms with E-state index in [4.69, 9.17) is 9.15 Å². The minimum Gasteiger partial charge on any atom is -0.460 e. The fraction of sp³-hybridized carbons (Fsp3) is 0.364. The van der Waals surface area contributed by atoms with Gasteiger partial charge in [-0.2, -0.15) is 5.10 Å². The molecule has 0 bridgehead atoms. The van der Waals surface area contributed by atoms with E-state index in [1.165, 1.54) is 0 Å². The highest BCUT2D eigenvalue weighted by atomic mass is 16.5. The fourth-order valence-electron chi connectivity index (χ4n) is 1.44. The molecule has 0 atom stereocenters. The van der Waals surface area contributed by atoms with Crippen LogP contribution >= 0.6 is 0 Å². The van der Waals surface area contributed by atoms with Gasteiger partial charge in [0.2, 0.25) is 11.7 Å². The molecule has 0 saturated heterocycles. The molecule has 17 heavy (non-hydrogen) atoms. The van der Waals surface area contributed by atoms with Gasteiger partial charge in [0.05, 0.1) is 24.1 Å². The first kappa shape index (κ1) is 11.4. The second kappa shape index (κ2) is 4.40. The molecular formula is C11H13N3O3. The minimum absolute atomic E-state index is 0.144. The van der Waals surface area contributed by atoms with Crippen LogP contribution in [0, 0.1) is 6.92 Å². The molecule has 2 heterocycles. The molecule has 0 aliphatic rings. The molecule has 6 nitrogen and oxygen atoms in total. The predicted molar refractivity (Wildman–Crippen MR) is 59.4 cm³/mol. The Balaban J connectivity index is 2.33. The number of aromatic nitrogens is 3. The summed E-state index contributed by atoms with van der Waals surface area (Å²) in [4.78, 5) is 15.7. The van der Waals surface area contributed by atoms with Crippen LogP contribution in [-0.4, -0.2) is 27.3 Å². The molecule has 0 fully saturated rings. The normalized spacial score (nSPS) is 10.5. The lowest BCUT2D eigenvalue weighted by atomic mass is 10.3. The zero-order valence-corrected chi connectivity index (χ0v) is 9.93. The van der Waals surface area contributed by atoms with Gasteiger partial charge in [0.25, 0.3) is 0 Å². The molecule has 0 aliphatic carbocycles. The summed E-state index contributed by atoms with van der Waals surface area (Å²) in [6.07, 6.45) is 3.39. The first-order valence-electron chi connectivity index (χ1n) is 5.25. The largest absolute Gasteiger partial charge is 0.460 e. The average molecular weight is 235 g/mol. The first-order chi connectivity index (χ1) is 8.11. The van der Waals surface area contributed by atoms with Crippen LogP contribution in [0.15, 0.2) is 16.8 Å². The number of rotatable bonds is 3. The third-order valence-electron chi connectivity index (χ3n) is 2.21. The van der Waals surface area contributed by atoms with Crippen molar-refractivity contribution in [1.29, 1.82) is 0 Å². The van der Waals surface area contributed by atoms with Gasteiger partial charge in [-0.1, -0.05) is 0 Å². The Morgan fingerprint density at radius 3 is 2.94 bits per heavy atom. The van der Waals surface area contributed by atoms with Crippen molar-refractivity contribution in [1.82, 2.24) is 14.8 Å². The van der Waals surface area contributed by atoms with Gasteiger partial charge in [-0.25, -0.2) is 9.78 Å². The van der Waals surface area contributed by atoms with Crippen molar-refractivity contribution < 1.29 is 13.9 Å². The molecule has 0 amide bonds. The number of hydrogen-bond donors (Lipinski definition) is 0. The van der Waals surface area contributed by atoms with Crippen LogP contribution in [0.2, 0.25) is 0 Å². The maximum absolute atomic E-state index is 11.5. The van der Waals surface area contributed by atoms with Crippen LogP contribution < -0.4 is 0 Å². The number of aryl methyl sites for hydroxylation is 2. The van der Waals surface area contributed by atoms with Crippen LogP contribution in [0.1, 0.15) is 23.2 Å². The SMILES string of the molecule is CCOC(=O)c1oc(-c2cnn(C)c2)nc1C. The van der Waals surface area contributed by atoms with E-state index in [9.17, 15) is 4.79 Å². The Kier molecular flexibility index (Phi) is 2.95. The zero-order chi connectivity index (χ0) is 12.4. The summed E-state index contributed by atoms with van der Waals surface area (Å²) in [7, 11) is 1.80. The second-order valence-corrected chi connectivity index (χ2v) is 3.56. The van der Waals surface area contributed by atoms with E-state index in [-0.39, 0.29) is 5.76 Å². The summed E-state index contributed by atoms with van der Waals surface area (Å²) in [5.74, 6) is 0.0250. The summed E-state index contributed by atoms with van der Waals surface area (Å²) in [5, 5.41) is 4.01. The third-order valence-corrected chi connectivity index (χ3v) is 2.21. The molecule has 2 aromatic heterocycles. The molecule has 0 aromatic carbocycles. The summed E-state index contributed by atoms with van der Waals surface area (Å²) in [5.41, 5.74) is 1.24. The topological polar surface area (TPSA) is 70.2 Å². The maximum Gasteiger partial charge on any atom is 0.376 e. The van der Waals surface area contributed by atoms with Gasteiger partial charge >= 0.3 is 5.97 Å². The maximum atomic E-state index is 11.5. The predicted octanol–water partition coefficient (Wildman–Crippen LogP) is 1.56. The van der Waals surface area contributed by atoms with Crippen molar-refractivity contribution in [3.05, 3.63) is 23.8 Å². The Labute approximate surface area is 98.2 Å². The summed E-state index contributed by atoms with van der Waals surface area (Å²) < 4.78 is 11.9. The highest BCUT2D eigenvalue weighted by Gasteiger charge is 2.19. The van der Waals surface area contributed by atoms with Crippen LogP contribution in [0.5, 0.6) is 0 Å². The highest BCUT2D eigenvalue weighted by molar-refractivity contribution is 5.87. The Bertz CT molecular complexity index is 542. The van der Waals surface area contributed by atoms with E-state index in [1.807, 2.05) is 0 Å². The van der Waals surface area contributed by atoms with E-state index in [2.05, 4.69) is 10.1 Å². The zero-order valence-electron chi connectivity index (χ0n) is 9.93. The van der Waals surface area contributed by atoms with Crippen LogP contribution in [-0.2, 0) is 11.8 Å². The number of nitrogens with zero attached hydrogens (tertiary/aromatic N) is 3. The molecule has 0 radical (unpaired) electrons.